The Balaban J connectivity index is 2.80. The first kappa shape index (κ1) is 11.7. The molecule has 0 aliphatic heterocycles. The van der Waals surface area contributed by atoms with E-state index >= 15 is 0 Å². The zero-order chi connectivity index (χ0) is 11.3. The molecule has 4 heteroatoms. The van der Waals surface area contributed by atoms with E-state index in [1.54, 1.807) is 6.07 Å². The van der Waals surface area contributed by atoms with Gasteiger partial charge in [-0.05, 0) is 30.5 Å². The Morgan fingerprint density at radius 3 is 2.87 bits per heavy atom. The van der Waals surface area contributed by atoms with E-state index in [0.717, 1.165) is 5.56 Å². The van der Waals surface area contributed by atoms with Gasteiger partial charge in [-0.25, -0.2) is 4.39 Å². The lowest BCUT2D eigenvalue weighted by Crippen LogP contribution is -2.03. The fraction of sp³-hybridized carbons (Fsp3) is 0.364. The van der Waals surface area contributed by atoms with Crippen molar-refractivity contribution in [3.63, 3.8) is 0 Å². The lowest BCUT2D eigenvalue weighted by molar-refractivity contribution is -0.132. The third-order valence-corrected chi connectivity index (χ3v) is 1.87. The molecule has 0 unspecified atom stereocenters. The predicted molar refractivity (Wildman–Crippen MR) is 53.1 cm³/mol. The molecule has 0 saturated heterocycles. The standard InChI is InChI=1S/C11H13FO3/c1-8(14)15-11-7-9(3-2-6-13)4-5-10(11)12/h4-5,7,13H,2-3,6H2,1H3. The highest BCUT2D eigenvalue weighted by atomic mass is 19.1. The number of aliphatic hydroxyl groups excluding tert-OH is 1. The van der Waals surface area contributed by atoms with Crippen LogP contribution in [0.5, 0.6) is 5.75 Å². The Bertz CT molecular complexity index is 350. The summed E-state index contributed by atoms with van der Waals surface area (Å²) in [5, 5.41) is 8.64. The summed E-state index contributed by atoms with van der Waals surface area (Å²) in [6.07, 6.45) is 1.23. The largest absolute Gasteiger partial charge is 0.424 e. The summed E-state index contributed by atoms with van der Waals surface area (Å²) in [5.41, 5.74) is 0.835. The minimum atomic E-state index is -0.557. The van der Waals surface area contributed by atoms with Crippen LogP contribution in [-0.2, 0) is 11.2 Å². The molecular formula is C11H13FO3. The van der Waals surface area contributed by atoms with Crippen LogP contribution in [0.1, 0.15) is 18.9 Å². The molecule has 0 spiro atoms. The number of carbonyl (C=O) groups is 1. The van der Waals surface area contributed by atoms with Gasteiger partial charge in [-0.2, -0.15) is 0 Å². The number of benzene rings is 1. The summed E-state index contributed by atoms with van der Waals surface area (Å²) < 4.78 is 17.8. The third kappa shape index (κ3) is 3.67. The summed E-state index contributed by atoms with van der Waals surface area (Å²) in [5.74, 6) is -1.16. The molecule has 0 bridgehead atoms. The maximum absolute atomic E-state index is 13.1. The number of halogens is 1. The molecule has 0 radical (unpaired) electrons. The molecule has 0 amide bonds. The Kier molecular flexibility index (Phi) is 4.24. The molecule has 15 heavy (non-hydrogen) atoms. The Morgan fingerprint density at radius 1 is 1.53 bits per heavy atom. The minimum absolute atomic E-state index is 0.0575. The van der Waals surface area contributed by atoms with Crippen LogP contribution in [0.3, 0.4) is 0 Å². The Hall–Kier alpha value is -1.42. The fourth-order valence-electron chi connectivity index (χ4n) is 1.22. The average molecular weight is 212 g/mol. The third-order valence-electron chi connectivity index (χ3n) is 1.87. The SMILES string of the molecule is CC(=O)Oc1cc(CCCO)ccc1F. The van der Waals surface area contributed by atoms with Crippen LogP contribution < -0.4 is 4.74 Å². The Labute approximate surface area is 87.5 Å². The van der Waals surface area contributed by atoms with Crippen molar-refractivity contribution in [2.75, 3.05) is 6.61 Å². The van der Waals surface area contributed by atoms with E-state index in [1.165, 1.54) is 19.1 Å². The van der Waals surface area contributed by atoms with Crippen LogP contribution in [0, 0.1) is 5.82 Å². The molecule has 0 aliphatic rings. The topological polar surface area (TPSA) is 46.5 Å². The van der Waals surface area contributed by atoms with E-state index in [0.29, 0.717) is 12.8 Å². The van der Waals surface area contributed by atoms with Crippen molar-refractivity contribution in [2.45, 2.75) is 19.8 Å². The molecule has 1 aromatic rings. The van der Waals surface area contributed by atoms with Crippen molar-refractivity contribution in [2.24, 2.45) is 0 Å². The van der Waals surface area contributed by atoms with Crippen LogP contribution in [0.4, 0.5) is 4.39 Å². The monoisotopic (exact) mass is 212 g/mol. The molecule has 0 aromatic heterocycles. The van der Waals surface area contributed by atoms with Gasteiger partial charge in [0.15, 0.2) is 11.6 Å². The number of aryl methyl sites for hydroxylation is 1. The number of aliphatic hydroxyl groups is 1. The van der Waals surface area contributed by atoms with Gasteiger partial charge in [0, 0.05) is 13.5 Å². The first-order valence-corrected chi connectivity index (χ1v) is 4.71. The number of carbonyl (C=O) groups excluding carboxylic acids is 1. The predicted octanol–water partition coefficient (Wildman–Crippen LogP) is 1.68. The summed E-state index contributed by atoms with van der Waals surface area (Å²) in [7, 11) is 0. The second-order valence-corrected chi connectivity index (χ2v) is 3.19. The second-order valence-electron chi connectivity index (χ2n) is 3.19. The van der Waals surface area contributed by atoms with Crippen LogP contribution in [0.25, 0.3) is 0 Å². The van der Waals surface area contributed by atoms with Crippen LogP contribution in [-0.4, -0.2) is 17.7 Å². The van der Waals surface area contributed by atoms with Gasteiger partial charge in [-0.1, -0.05) is 6.07 Å². The van der Waals surface area contributed by atoms with E-state index in [4.69, 9.17) is 5.11 Å². The first-order valence-electron chi connectivity index (χ1n) is 4.71. The normalized spacial score (nSPS) is 10.1. The van der Waals surface area contributed by atoms with Gasteiger partial charge < -0.3 is 9.84 Å². The smallest absolute Gasteiger partial charge is 0.308 e. The number of esters is 1. The lowest BCUT2D eigenvalue weighted by atomic mass is 10.1. The van der Waals surface area contributed by atoms with Crippen molar-refractivity contribution in [1.29, 1.82) is 0 Å². The van der Waals surface area contributed by atoms with E-state index in [1.807, 2.05) is 0 Å². The van der Waals surface area contributed by atoms with Gasteiger partial charge in [0.05, 0.1) is 0 Å². The molecule has 0 heterocycles. The quantitative estimate of drug-likeness (QED) is 0.610. The molecular weight excluding hydrogens is 199 g/mol. The molecule has 1 aromatic carbocycles. The number of hydrogen-bond donors (Lipinski definition) is 1. The van der Waals surface area contributed by atoms with Crippen molar-refractivity contribution in [3.8, 4) is 5.75 Å². The highest BCUT2D eigenvalue weighted by Crippen LogP contribution is 2.19. The first-order chi connectivity index (χ1) is 7.13. The van der Waals surface area contributed by atoms with Gasteiger partial charge >= 0.3 is 5.97 Å². The second kappa shape index (κ2) is 5.46. The van der Waals surface area contributed by atoms with Gasteiger partial charge in [-0.3, -0.25) is 4.79 Å². The maximum atomic E-state index is 13.1. The van der Waals surface area contributed by atoms with E-state index in [-0.39, 0.29) is 12.4 Å². The number of rotatable bonds is 4. The molecule has 1 rings (SSSR count). The van der Waals surface area contributed by atoms with E-state index in [9.17, 15) is 9.18 Å². The average Bonchev–Trinajstić information content (AvgIpc) is 2.18. The van der Waals surface area contributed by atoms with Crippen molar-refractivity contribution < 1.29 is 19.0 Å². The van der Waals surface area contributed by atoms with Crippen LogP contribution in [0.2, 0.25) is 0 Å². The molecule has 1 N–H and O–H groups in total. The van der Waals surface area contributed by atoms with Crippen LogP contribution >= 0.6 is 0 Å². The summed E-state index contributed by atoms with van der Waals surface area (Å²) in [6, 6.07) is 4.34. The van der Waals surface area contributed by atoms with Crippen LogP contribution in [0.15, 0.2) is 18.2 Å². The Morgan fingerprint density at radius 2 is 2.27 bits per heavy atom. The minimum Gasteiger partial charge on any atom is -0.424 e. The molecule has 0 aliphatic carbocycles. The van der Waals surface area contributed by atoms with Gasteiger partial charge in [-0.15, -0.1) is 0 Å². The number of ether oxygens (including phenoxy) is 1. The molecule has 0 saturated carbocycles. The zero-order valence-electron chi connectivity index (χ0n) is 8.50. The van der Waals surface area contributed by atoms with Gasteiger partial charge in [0.2, 0.25) is 0 Å². The summed E-state index contributed by atoms with van der Waals surface area (Å²) in [4.78, 5) is 10.7. The van der Waals surface area contributed by atoms with Gasteiger partial charge in [0.1, 0.15) is 0 Å². The van der Waals surface area contributed by atoms with Crippen molar-refractivity contribution >= 4 is 5.97 Å². The number of hydrogen-bond acceptors (Lipinski definition) is 3. The van der Waals surface area contributed by atoms with Crippen molar-refractivity contribution in [1.82, 2.24) is 0 Å². The zero-order valence-corrected chi connectivity index (χ0v) is 8.50. The van der Waals surface area contributed by atoms with Gasteiger partial charge in [0.25, 0.3) is 0 Å². The molecule has 0 atom stereocenters. The maximum Gasteiger partial charge on any atom is 0.308 e. The fourth-order valence-corrected chi connectivity index (χ4v) is 1.22. The van der Waals surface area contributed by atoms with E-state index in [2.05, 4.69) is 4.74 Å². The summed E-state index contributed by atoms with van der Waals surface area (Å²) in [6.45, 7) is 1.31. The molecule has 82 valence electrons. The lowest BCUT2D eigenvalue weighted by Gasteiger charge is -2.05. The highest BCUT2D eigenvalue weighted by Gasteiger charge is 2.06. The molecule has 0 fully saturated rings. The van der Waals surface area contributed by atoms with Crippen molar-refractivity contribution in [3.05, 3.63) is 29.6 Å². The summed E-state index contributed by atoms with van der Waals surface area (Å²) >= 11 is 0. The van der Waals surface area contributed by atoms with E-state index < -0.39 is 11.8 Å². The highest BCUT2D eigenvalue weighted by molar-refractivity contribution is 5.69. The molecule has 3 nitrogen and oxygen atoms in total.